The van der Waals surface area contributed by atoms with E-state index in [2.05, 4.69) is 5.32 Å². The van der Waals surface area contributed by atoms with Crippen molar-refractivity contribution < 1.29 is 42.4 Å². The Morgan fingerprint density at radius 2 is 1.50 bits per heavy atom. The van der Waals surface area contributed by atoms with Crippen LogP contribution in [-0.4, -0.2) is 48.7 Å². The Bertz CT molecular complexity index is 1970. The molecule has 1 saturated heterocycles. The fourth-order valence-electron chi connectivity index (χ4n) is 6.73. The van der Waals surface area contributed by atoms with E-state index in [1.807, 2.05) is 0 Å². The predicted molar refractivity (Wildman–Crippen MR) is 125 cm³/mol. The molecule has 0 saturated carbocycles. The van der Waals surface area contributed by atoms with E-state index in [0.717, 1.165) is 24.3 Å². The van der Waals surface area contributed by atoms with Crippen molar-refractivity contribution in [2.45, 2.75) is 43.7 Å². The number of hydrogen-bond acceptors (Lipinski definition) is 5. The second-order valence-corrected chi connectivity index (χ2v) is 10.2. The van der Waals surface area contributed by atoms with Crippen LogP contribution in [0.15, 0.2) is 24.3 Å². The van der Waals surface area contributed by atoms with Gasteiger partial charge >= 0.3 is 0 Å². The lowest BCUT2D eigenvalue weighted by molar-refractivity contribution is -0.309. The number of hydrogen-bond donors (Lipinski definition) is 4. The summed E-state index contributed by atoms with van der Waals surface area (Å²) in [7, 11) is 0. The highest BCUT2D eigenvalue weighted by molar-refractivity contribution is 6.31. The average Bonchev–Trinajstić information content (AvgIpc) is 3.48. The number of nitrogens with zero attached hydrogens (tertiary/aromatic N) is 2. The molecule has 194 valence electrons. The number of amides is 1. The van der Waals surface area contributed by atoms with Gasteiger partial charge in [0.2, 0.25) is 0 Å². The fourth-order valence-corrected chi connectivity index (χ4v) is 6.73. The van der Waals surface area contributed by atoms with E-state index < -0.39 is 59.4 Å². The van der Waals surface area contributed by atoms with Gasteiger partial charge < -0.3 is 34.5 Å². The van der Waals surface area contributed by atoms with Crippen LogP contribution in [0.1, 0.15) is 29.1 Å². The van der Waals surface area contributed by atoms with Crippen molar-refractivity contribution >= 4 is 49.5 Å². The van der Waals surface area contributed by atoms with Crippen LogP contribution >= 0.6 is 0 Å². The van der Waals surface area contributed by atoms with Gasteiger partial charge in [0.05, 0.1) is 27.6 Å². The number of aromatic nitrogens is 2. The zero-order valence-electron chi connectivity index (χ0n) is 19.4. The Hall–Kier alpha value is -3.71. The molecule has 1 fully saturated rings. The summed E-state index contributed by atoms with van der Waals surface area (Å²) in [6, 6.07) is 3.75. The number of nitrogens with one attached hydrogen (secondary N) is 1. The van der Waals surface area contributed by atoms with Gasteiger partial charge in [0.15, 0.2) is 35.2 Å². The summed E-state index contributed by atoms with van der Waals surface area (Å²) in [5, 5.41) is 36.8. The first kappa shape index (κ1) is 22.3. The molecule has 38 heavy (non-hydrogen) atoms. The summed E-state index contributed by atoms with van der Waals surface area (Å²) >= 11 is 0. The first-order valence-electron chi connectivity index (χ1n) is 11.9. The minimum atomic E-state index is -1.84. The Balaban J connectivity index is 1.77. The van der Waals surface area contributed by atoms with Gasteiger partial charge in [-0.15, -0.1) is 0 Å². The molecule has 0 radical (unpaired) electrons. The molecular formula is C26H17F4N3O5. The third-order valence-corrected chi connectivity index (χ3v) is 8.36. The first-order chi connectivity index (χ1) is 18.0. The minimum absolute atomic E-state index is 0.0177. The van der Waals surface area contributed by atoms with E-state index >= 15 is 0 Å². The zero-order chi connectivity index (χ0) is 26.6. The van der Waals surface area contributed by atoms with E-state index in [4.69, 9.17) is 4.74 Å². The molecule has 0 aliphatic carbocycles. The highest BCUT2D eigenvalue weighted by Gasteiger charge is 2.56. The second-order valence-electron chi connectivity index (χ2n) is 10.2. The van der Waals surface area contributed by atoms with Crippen LogP contribution in [0.25, 0.3) is 43.6 Å². The highest BCUT2D eigenvalue weighted by atomic mass is 19.2. The summed E-state index contributed by atoms with van der Waals surface area (Å²) in [5.41, 5.74) is -0.670. The Labute approximate surface area is 209 Å². The summed E-state index contributed by atoms with van der Waals surface area (Å²) in [4.78, 5) is 13.2. The van der Waals surface area contributed by atoms with Gasteiger partial charge in [-0.3, -0.25) is 4.79 Å². The van der Waals surface area contributed by atoms with Gasteiger partial charge in [0.1, 0.15) is 18.3 Å². The Morgan fingerprint density at radius 1 is 0.895 bits per heavy atom. The number of carbonyl (C=O) groups excluding carboxylic acids is 1. The monoisotopic (exact) mass is 527 g/mol. The van der Waals surface area contributed by atoms with Crippen LogP contribution in [0.2, 0.25) is 0 Å². The molecule has 3 aliphatic heterocycles. The van der Waals surface area contributed by atoms with Gasteiger partial charge in [-0.2, -0.15) is 0 Å². The second kappa shape index (κ2) is 6.64. The average molecular weight is 527 g/mol. The normalized spacial score (nSPS) is 28.2. The molecule has 0 spiro atoms. The van der Waals surface area contributed by atoms with Crippen LogP contribution in [0.5, 0.6) is 0 Å². The van der Waals surface area contributed by atoms with Gasteiger partial charge in [-0.05, 0) is 24.6 Å². The molecule has 3 aromatic carbocycles. The number of halogens is 4. The van der Waals surface area contributed by atoms with Gasteiger partial charge in [0.25, 0.3) is 5.91 Å². The van der Waals surface area contributed by atoms with Crippen LogP contribution in [-0.2, 0) is 17.0 Å². The van der Waals surface area contributed by atoms with E-state index in [1.165, 1.54) is 16.1 Å². The molecule has 8 nitrogen and oxygen atoms in total. The van der Waals surface area contributed by atoms with Gasteiger partial charge in [0, 0.05) is 40.2 Å². The Morgan fingerprint density at radius 3 is 2.18 bits per heavy atom. The SMILES string of the molecule is C[C@]12O[C@H]([C@H](O)[C@@H](O)[C@@H]1O)n1c3cc(F)c(F)cc3c3c4c(c5c6cc(F)c(F)cc6n2c5c31)CNC4=O. The molecule has 12 heteroatoms. The maximum Gasteiger partial charge on any atom is 0.252 e. The molecule has 5 heterocycles. The van der Waals surface area contributed by atoms with Gasteiger partial charge in [-0.25, -0.2) is 17.6 Å². The van der Waals surface area contributed by atoms with Crippen molar-refractivity contribution in [1.29, 1.82) is 0 Å². The standard InChI is InChI=1S/C26H17F4N3O5/c1-26-23(36)21(34)22(35)25(38-26)32-14-4-12(29)10(27)2-7(14)17-18-9(6-31-24(18)37)16-8-3-11(28)13(30)5-15(8)33(26)20(16)19(17)32/h2-5,21-23,25,34-36H,6H2,1H3,(H,31,37)/t21-,22-,23+,25-,26+/m1/s1. The molecule has 1 amide bonds. The van der Waals surface area contributed by atoms with E-state index in [-0.39, 0.29) is 50.3 Å². The molecule has 5 atom stereocenters. The number of aliphatic hydroxyl groups excluding tert-OH is 3. The molecule has 0 unspecified atom stereocenters. The first-order valence-corrected chi connectivity index (χ1v) is 11.9. The fraction of sp³-hybridized carbons (Fsp3) is 0.269. The largest absolute Gasteiger partial charge is 0.387 e. The van der Waals surface area contributed by atoms with E-state index in [0.29, 0.717) is 10.9 Å². The van der Waals surface area contributed by atoms with E-state index in [1.54, 1.807) is 0 Å². The maximum absolute atomic E-state index is 14.7. The number of aliphatic hydroxyl groups is 3. The number of carbonyl (C=O) groups is 1. The smallest absolute Gasteiger partial charge is 0.252 e. The molecule has 8 rings (SSSR count). The molecule has 2 bridgehead atoms. The molecule has 3 aliphatic rings. The van der Waals surface area contributed by atoms with Crippen LogP contribution < -0.4 is 5.32 Å². The molecular weight excluding hydrogens is 510 g/mol. The summed E-state index contributed by atoms with van der Waals surface area (Å²) in [6.45, 7) is 1.45. The van der Waals surface area contributed by atoms with E-state index in [9.17, 15) is 37.7 Å². The van der Waals surface area contributed by atoms with Crippen molar-refractivity contribution in [1.82, 2.24) is 14.5 Å². The van der Waals surface area contributed by atoms with Crippen molar-refractivity contribution in [2.24, 2.45) is 0 Å². The molecule has 2 aromatic heterocycles. The summed E-state index contributed by atoms with van der Waals surface area (Å²) in [5.74, 6) is -5.20. The minimum Gasteiger partial charge on any atom is -0.387 e. The maximum atomic E-state index is 14.7. The highest BCUT2D eigenvalue weighted by Crippen LogP contribution is 2.53. The topological polar surface area (TPSA) is 109 Å². The predicted octanol–water partition coefficient (Wildman–Crippen LogP) is 3.00. The van der Waals surface area contributed by atoms with Crippen molar-refractivity contribution in [2.75, 3.05) is 0 Å². The van der Waals surface area contributed by atoms with Crippen LogP contribution in [0, 0.1) is 23.3 Å². The lowest BCUT2D eigenvalue weighted by Gasteiger charge is -2.47. The van der Waals surface area contributed by atoms with Crippen LogP contribution in [0.3, 0.4) is 0 Å². The van der Waals surface area contributed by atoms with Crippen molar-refractivity contribution in [3.05, 3.63) is 58.7 Å². The number of benzene rings is 3. The molecule has 4 N–H and O–H groups in total. The summed E-state index contributed by atoms with van der Waals surface area (Å²) < 4.78 is 67.5. The van der Waals surface area contributed by atoms with Gasteiger partial charge in [-0.1, -0.05) is 0 Å². The lowest BCUT2D eigenvalue weighted by atomic mass is 9.93. The van der Waals surface area contributed by atoms with Crippen molar-refractivity contribution in [3.8, 4) is 0 Å². The summed E-state index contributed by atoms with van der Waals surface area (Å²) in [6.07, 6.45) is -6.69. The Kier molecular flexibility index (Phi) is 3.90. The number of fused-ring (bicyclic) bond motifs is 13. The third-order valence-electron chi connectivity index (χ3n) is 8.36. The van der Waals surface area contributed by atoms with Crippen molar-refractivity contribution in [3.63, 3.8) is 0 Å². The molecule has 5 aromatic rings. The van der Waals surface area contributed by atoms with Crippen LogP contribution in [0.4, 0.5) is 17.6 Å². The quantitative estimate of drug-likeness (QED) is 0.232. The zero-order valence-corrected chi connectivity index (χ0v) is 19.4. The number of rotatable bonds is 0. The number of ether oxygens (including phenoxy) is 1. The third kappa shape index (κ3) is 2.26. The lowest BCUT2D eigenvalue weighted by Crippen LogP contribution is -2.61.